The van der Waals surface area contributed by atoms with Gasteiger partial charge in [-0.25, -0.2) is 8.42 Å². The molecule has 1 aromatic carbocycles. The lowest BCUT2D eigenvalue weighted by molar-refractivity contribution is 0.0738. The van der Waals surface area contributed by atoms with Crippen molar-refractivity contribution in [1.82, 2.24) is 4.31 Å². The van der Waals surface area contributed by atoms with Crippen molar-refractivity contribution in [1.29, 1.82) is 0 Å². The monoisotopic (exact) mass is 339 g/mol. The third kappa shape index (κ3) is 4.34. The Morgan fingerprint density at radius 3 is 2.30 bits per heavy atom. The van der Waals surface area contributed by atoms with E-state index < -0.39 is 16.1 Å². The highest BCUT2D eigenvalue weighted by atomic mass is 32.2. The minimum Gasteiger partial charge on any atom is -0.393 e. The molecule has 2 rings (SSSR count). The number of nitrogens with zero attached hydrogens (tertiary/aromatic N) is 1. The Balaban J connectivity index is 2.28. The fraction of sp³-hybridized carbons (Fsp3) is 0.667. The molecule has 1 fully saturated rings. The first kappa shape index (κ1) is 18.4. The van der Waals surface area contributed by atoms with E-state index in [0.29, 0.717) is 36.1 Å². The zero-order valence-electron chi connectivity index (χ0n) is 14.6. The molecule has 0 amide bonds. The van der Waals surface area contributed by atoms with Gasteiger partial charge in [0.25, 0.3) is 0 Å². The van der Waals surface area contributed by atoms with Gasteiger partial charge < -0.3 is 5.11 Å². The van der Waals surface area contributed by atoms with Crippen molar-refractivity contribution < 1.29 is 13.5 Å². The van der Waals surface area contributed by atoms with Gasteiger partial charge in [-0.05, 0) is 48.8 Å². The van der Waals surface area contributed by atoms with E-state index in [4.69, 9.17) is 0 Å². The first-order valence-electron chi connectivity index (χ1n) is 8.51. The van der Waals surface area contributed by atoms with E-state index >= 15 is 0 Å². The van der Waals surface area contributed by atoms with Gasteiger partial charge in [0.2, 0.25) is 10.0 Å². The van der Waals surface area contributed by atoms with Crippen molar-refractivity contribution in [2.75, 3.05) is 6.54 Å². The van der Waals surface area contributed by atoms with Crippen LogP contribution < -0.4 is 0 Å². The molecule has 1 aromatic rings. The van der Waals surface area contributed by atoms with Crippen LogP contribution in [0.2, 0.25) is 0 Å². The zero-order valence-corrected chi connectivity index (χ0v) is 15.4. The number of aliphatic hydroxyl groups excluding tert-OH is 1. The van der Waals surface area contributed by atoms with E-state index in [2.05, 4.69) is 27.7 Å². The molecule has 1 heterocycles. The van der Waals surface area contributed by atoms with Gasteiger partial charge in [-0.3, -0.25) is 0 Å². The van der Waals surface area contributed by atoms with Crippen LogP contribution >= 0.6 is 0 Å². The number of hydrogen-bond acceptors (Lipinski definition) is 3. The number of rotatable bonds is 5. The smallest absolute Gasteiger partial charge is 0.243 e. The topological polar surface area (TPSA) is 57.6 Å². The van der Waals surface area contributed by atoms with Gasteiger partial charge >= 0.3 is 0 Å². The highest BCUT2D eigenvalue weighted by Gasteiger charge is 2.36. The minimum absolute atomic E-state index is 0.117. The molecule has 23 heavy (non-hydrogen) atoms. The summed E-state index contributed by atoms with van der Waals surface area (Å²) in [5.74, 6) is 0.775. The highest BCUT2D eigenvalue weighted by molar-refractivity contribution is 7.89. The van der Waals surface area contributed by atoms with Gasteiger partial charge in [0.15, 0.2) is 0 Å². The normalized spacial score (nSPS) is 23.6. The Bertz CT molecular complexity index is 606. The van der Waals surface area contributed by atoms with E-state index in [1.165, 1.54) is 0 Å². The van der Waals surface area contributed by atoms with E-state index in [1.54, 1.807) is 16.4 Å². The van der Waals surface area contributed by atoms with Crippen LogP contribution in [0.3, 0.4) is 0 Å². The van der Waals surface area contributed by atoms with Gasteiger partial charge in [0, 0.05) is 12.6 Å². The molecule has 1 aliphatic rings. The largest absolute Gasteiger partial charge is 0.393 e. The van der Waals surface area contributed by atoms with Crippen molar-refractivity contribution in [3.63, 3.8) is 0 Å². The van der Waals surface area contributed by atoms with Gasteiger partial charge in [-0.15, -0.1) is 0 Å². The Kier molecular flexibility index (Phi) is 5.87. The fourth-order valence-corrected chi connectivity index (χ4v) is 4.90. The summed E-state index contributed by atoms with van der Waals surface area (Å²) in [5.41, 5.74) is 1.14. The zero-order chi connectivity index (χ0) is 17.2. The van der Waals surface area contributed by atoms with Crippen LogP contribution in [0.5, 0.6) is 0 Å². The van der Waals surface area contributed by atoms with Crippen molar-refractivity contribution in [2.45, 2.75) is 69.9 Å². The second kappa shape index (κ2) is 7.32. The van der Waals surface area contributed by atoms with Crippen LogP contribution in [0.4, 0.5) is 0 Å². The average Bonchev–Trinajstić information content (AvgIpc) is 2.46. The van der Waals surface area contributed by atoms with Crippen LogP contribution in [0, 0.1) is 5.92 Å². The molecule has 2 unspecified atom stereocenters. The lowest BCUT2D eigenvalue weighted by Crippen LogP contribution is -2.47. The van der Waals surface area contributed by atoms with Gasteiger partial charge in [0.05, 0.1) is 11.0 Å². The lowest BCUT2D eigenvalue weighted by atomic mass is 9.94. The Hall–Kier alpha value is -0.910. The second-order valence-electron chi connectivity index (χ2n) is 7.30. The summed E-state index contributed by atoms with van der Waals surface area (Å²) < 4.78 is 27.6. The minimum atomic E-state index is -3.50. The van der Waals surface area contributed by atoms with E-state index in [1.807, 2.05) is 12.1 Å². The molecular weight excluding hydrogens is 310 g/mol. The van der Waals surface area contributed by atoms with Crippen LogP contribution in [0.25, 0.3) is 0 Å². The predicted molar refractivity (Wildman–Crippen MR) is 92.9 cm³/mol. The van der Waals surface area contributed by atoms with Crippen molar-refractivity contribution in [3.05, 3.63) is 29.8 Å². The predicted octanol–water partition coefficient (Wildman–Crippen LogP) is 3.37. The molecule has 1 aliphatic heterocycles. The maximum atomic E-state index is 13.0. The first-order valence-corrected chi connectivity index (χ1v) is 9.95. The molecule has 0 aliphatic carbocycles. The SMILES string of the molecule is CC(C)CC1CC(O)CCN1S(=O)(=O)c1ccc(C(C)C)cc1. The number of benzene rings is 1. The summed E-state index contributed by atoms with van der Waals surface area (Å²) in [6, 6.07) is 7.10. The second-order valence-corrected chi connectivity index (χ2v) is 9.19. The van der Waals surface area contributed by atoms with Crippen molar-refractivity contribution in [2.24, 2.45) is 5.92 Å². The number of hydrogen-bond donors (Lipinski definition) is 1. The van der Waals surface area contributed by atoms with Gasteiger partial charge in [-0.1, -0.05) is 39.8 Å². The standard InChI is InChI=1S/C18H29NO3S/c1-13(2)11-16-12-17(20)9-10-19(16)23(21,22)18-7-5-15(6-8-18)14(3)4/h5-8,13-14,16-17,20H,9-12H2,1-4H3. The van der Waals surface area contributed by atoms with Crippen molar-refractivity contribution in [3.8, 4) is 0 Å². The number of aliphatic hydroxyl groups is 1. The van der Waals surface area contributed by atoms with Gasteiger partial charge in [-0.2, -0.15) is 4.31 Å². The molecule has 4 nitrogen and oxygen atoms in total. The molecular formula is C18H29NO3S. The average molecular weight is 340 g/mol. The molecule has 5 heteroatoms. The molecule has 1 N–H and O–H groups in total. The molecule has 0 saturated carbocycles. The van der Waals surface area contributed by atoms with Crippen LogP contribution in [-0.2, 0) is 10.0 Å². The molecule has 130 valence electrons. The van der Waals surface area contributed by atoms with Crippen LogP contribution in [0.15, 0.2) is 29.2 Å². The fourth-order valence-electron chi connectivity index (χ4n) is 3.24. The first-order chi connectivity index (χ1) is 10.7. The summed E-state index contributed by atoms with van der Waals surface area (Å²) in [6.07, 6.45) is 1.42. The summed E-state index contributed by atoms with van der Waals surface area (Å²) in [4.78, 5) is 0.354. The maximum absolute atomic E-state index is 13.0. The number of sulfonamides is 1. The summed E-state index contributed by atoms with van der Waals surface area (Å²) >= 11 is 0. The van der Waals surface area contributed by atoms with E-state index in [-0.39, 0.29) is 6.04 Å². The maximum Gasteiger partial charge on any atom is 0.243 e. The summed E-state index contributed by atoms with van der Waals surface area (Å²) in [5, 5.41) is 9.92. The molecule has 0 bridgehead atoms. The molecule has 0 radical (unpaired) electrons. The van der Waals surface area contributed by atoms with Crippen LogP contribution in [-0.4, -0.2) is 36.5 Å². The highest BCUT2D eigenvalue weighted by Crippen LogP contribution is 2.29. The molecule has 1 saturated heterocycles. The third-order valence-electron chi connectivity index (χ3n) is 4.53. The third-order valence-corrected chi connectivity index (χ3v) is 6.50. The Labute approximate surface area is 140 Å². The Morgan fingerprint density at radius 2 is 1.78 bits per heavy atom. The van der Waals surface area contributed by atoms with E-state index in [9.17, 15) is 13.5 Å². The van der Waals surface area contributed by atoms with Gasteiger partial charge in [0.1, 0.15) is 0 Å². The number of piperidine rings is 1. The van der Waals surface area contributed by atoms with Crippen LogP contribution in [0.1, 0.15) is 58.4 Å². The summed E-state index contributed by atoms with van der Waals surface area (Å²) in [6.45, 7) is 8.75. The summed E-state index contributed by atoms with van der Waals surface area (Å²) in [7, 11) is -3.50. The van der Waals surface area contributed by atoms with E-state index in [0.717, 1.165) is 12.0 Å². The molecule has 0 aromatic heterocycles. The quantitative estimate of drug-likeness (QED) is 0.895. The molecule has 2 atom stereocenters. The van der Waals surface area contributed by atoms with Crippen molar-refractivity contribution >= 4 is 10.0 Å². The lowest BCUT2D eigenvalue weighted by Gasteiger charge is -2.37. The molecule has 0 spiro atoms. The Morgan fingerprint density at radius 1 is 1.17 bits per heavy atom.